The Hall–Kier alpha value is -0.580. The normalized spacial score (nSPS) is 19.8. The maximum absolute atomic E-state index is 12.2. The molecule has 19 heavy (non-hydrogen) atoms. The van der Waals surface area contributed by atoms with E-state index in [9.17, 15) is 4.79 Å². The average molecular weight is 346 g/mol. The number of benzene rings is 1. The lowest BCUT2D eigenvalue weighted by atomic mass is 9.95. The molecule has 2 aliphatic rings. The van der Waals surface area contributed by atoms with Gasteiger partial charge in [0.2, 0.25) is 5.91 Å². The van der Waals surface area contributed by atoms with Gasteiger partial charge in [0.05, 0.1) is 6.42 Å². The quantitative estimate of drug-likeness (QED) is 0.848. The van der Waals surface area contributed by atoms with Gasteiger partial charge in [-0.25, -0.2) is 0 Å². The molecule has 1 aromatic rings. The number of hydrogen-bond acceptors (Lipinski definition) is 2. The lowest BCUT2D eigenvalue weighted by Crippen LogP contribution is -2.48. The van der Waals surface area contributed by atoms with Gasteiger partial charge in [0.25, 0.3) is 0 Å². The number of hydrogen-bond donors (Lipinski definition) is 1. The molecule has 5 heteroatoms. The number of nitrogens with zero attached hydrogens (tertiary/aromatic N) is 1. The van der Waals surface area contributed by atoms with Crippen LogP contribution in [0.1, 0.15) is 24.0 Å². The molecule has 3 rings (SSSR count). The predicted molar refractivity (Wildman–Crippen MR) is 81.5 cm³/mol. The maximum Gasteiger partial charge on any atom is 0.227 e. The summed E-state index contributed by atoms with van der Waals surface area (Å²) in [5.74, 6) is 0.289. The maximum atomic E-state index is 12.2. The van der Waals surface area contributed by atoms with Gasteiger partial charge < -0.3 is 10.2 Å². The minimum Gasteiger partial charge on any atom is -0.335 e. The second kappa shape index (κ2) is 6.25. The summed E-state index contributed by atoms with van der Waals surface area (Å²) in [6.45, 7) is 2.83. The molecular weight excluding hydrogens is 328 g/mol. The van der Waals surface area contributed by atoms with E-state index in [2.05, 4.69) is 38.3 Å². The van der Waals surface area contributed by atoms with Gasteiger partial charge in [0.1, 0.15) is 0 Å². The number of carbonyl (C=O) groups excluding carboxylic acids is 1. The van der Waals surface area contributed by atoms with Crippen LogP contribution in [0.2, 0.25) is 0 Å². The smallest absolute Gasteiger partial charge is 0.227 e. The van der Waals surface area contributed by atoms with Crippen molar-refractivity contribution in [2.24, 2.45) is 0 Å². The van der Waals surface area contributed by atoms with Gasteiger partial charge in [-0.1, -0.05) is 22.0 Å². The van der Waals surface area contributed by atoms with Crippen molar-refractivity contribution in [3.63, 3.8) is 0 Å². The molecule has 0 saturated carbocycles. The molecule has 104 valence electrons. The second-order valence-corrected chi connectivity index (χ2v) is 6.01. The molecule has 1 saturated heterocycles. The van der Waals surface area contributed by atoms with Gasteiger partial charge >= 0.3 is 0 Å². The standard InChI is InChI=1S/C14H17BrN2O.ClH/c15-12-2-1-10-8-14(18)17(9-11(10)7-12)13-3-5-16-6-4-13;/h1-2,7,13,16H,3-6,8-9H2;1H. The molecule has 0 aliphatic carbocycles. The van der Waals surface area contributed by atoms with E-state index in [0.29, 0.717) is 12.5 Å². The Morgan fingerprint density at radius 2 is 1.95 bits per heavy atom. The summed E-state index contributed by atoms with van der Waals surface area (Å²) in [5.41, 5.74) is 2.48. The van der Waals surface area contributed by atoms with Gasteiger partial charge in [-0.05, 0) is 49.2 Å². The first-order valence-corrected chi connectivity index (χ1v) is 7.31. The first-order valence-electron chi connectivity index (χ1n) is 6.51. The van der Waals surface area contributed by atoms with Gasteiger partial charge in [0.15, 0.2) is 0 Å². The highest BCUT2D eigenvalue weighted by Crippen LogP contribution is 2.26. The van der Waals surface area contributed by atoms with Crippen molar-refractivity contribution in [2.75, 3.05) is 13.1 Å². The summed E-state index contributed by atoms with van der Waals surface area (Å²) >= 11 is 3.51. The fourth-order valence-corrected chi connectivity index (χ4v) is 3.31. The van der Waals surface area contributed by atoms with E-state index in [1.165, 1.54) is 11.1 Å². The summed E-state index contributed by atoms with van der Waals surface area (Å²) in [5, 5.41) is 3.35. The lowest BCUT2D eigenvalue weighted by molar-refractivity contribution is -0.135. The zero-order chi connectivity index (χ0) is 12.5. The third-order valence-electron chi connectivity index (χ3n) is 3.92. The zero-order valence-electron chi connectivity index (χ0n) is 10.7. The van der Waals surface area contributed by atoms with Crippen molar-refractivity contribution in [3.8, 4) is 0 Å². The van der Waals surface area contributed by atoms with Crippen molar-refractivity contribution in [2.45, 2.75) is 31.8 Å². The Morgan fingerprint density at radius 3 is 2.68 bits per heavy atom. The monoisotopic (exact) mass is 344 g/mol. The van der Waals surface area contributed by atoms with Crippen molar-refractivity contribution in [1.29, 1.82) is 0 Å². The summed E-state index contributed by atoms with van der Waals surface area (Å²) in [4.78, 5) is 14.3. The van der Waals surface area contributed by atoms with E-state index in [-0.39, 0.29) is 18.3 Å². The Kier molecular flexibility index (Phi) is 4.87. The first kappa shape index (κ1) is 14.8. The third kappa shape index (κ3) is 3.12. The molecule has 0 spiro atoms. The van der Waals surface area contributed by atoms with Gasteiger partial charge in [-0.3, -0.25) is 4.79 Å². The fraction of sp³-hybridized carbons (Fsp3) is 0.500. The third-order valence-corrected chi connectivity index (χ3v) is 4.41. The Bertz CT molecular complexity index is 475. The van der Waals surface area contributed by atoms with Gasteiger partial charge in [-0.15, -0.1) is 12.4 Å². The van der Waals surface area contributed by atoms with Gasteiger partial charge in [0, 0.05) is 17.1 Å². The molecule has 1 N–H and O–H groups in total. The molecule has 0 radical (unpaired) electrons. The average Bonchev–Trinajstić information content (AvgIpc) is 2.39. The number of nitrogens with one attached hydrogen (secondary N) is 1. The van der Waals surface area contributed by atoms with Crippen molar-refractivity contribution < 1.29 is 4.79 Å². The van der Waals surface area contributed by atoms with Crippen LogP contribution in [0.5, 0.6) is 0 Å². The minimum atomic E-state index is 0. The van der Waals surface area contributed by atoms with Crippen molar-refractivity contribution in [3.05, 3.63) is 33.8 Å². The summed E-state index contributed by atoms with van der Waals surface area (Å²) in [6, 6.07) is 6.66. The molecule has 0 aromatic heterocycles. The van der Waals surface area contributed by atoms with Crippen LogP contribution < -0.4 is 5.32 Å². The van der Waals surface area contributed by atoms with Crippen LogP contribution in [0.3, 0.4) is 0 Å². The minimum absolute atomic E-state index is 0. The summed E-state index contributed by atoms with van der Waals surface area (Å²) in [6.07, 6.45) is 2.72. The fourth-order valence-electron chi connectivity index (χ4n) is 2.90. The van der Waals surface area contributed by atoms with E-state index in [1.807, 2.05) is 6.07 Å². The van der Waals surface area contributed by atoms with E-state index in [1.54, 1.807) is 0 Å². The number of piperidine rings is 1. The largest absolute Gasteiger partial charge is 0.335 e. The molecule has 1 fully saturated rings. The Morgan fingerprint density at radius 1 is 1.21 bits per heavy atom. The first-order chi connectivity index (χ1) is 8.74. The summed E-state index contributed by atoms with van der Waals surface area (Å²) in [7, 11) is 0. The second-order valence-electron chi connectivity index (χ2n) is 5.09. The molecule has 2 aliphatic heterocycles. The molecule has 3 nitrogen and oxygen atoms in total. The van der Waals surface area contributed by atoms with Gasteiger partial charge in [-0.2, -0.15) is 0 Å². The molecule has 2 heterocycles. The number of amides is 1. The SMILES string of the molecule is Cl.O=C1Cc2ccc(Br)cc2CN1C1CCNCC1. The van der Waals surface area contributed by atoms with Crippen molar-refractivity contribution >= 4 is 34.2 Å². The number of halogens is 2. The van der Waals surface area contributed by atoms with Crippen LogP contribution in [0.15, 0.2) is 22.7 Å². The highest BCUT2D eigenvalue weighted by atomic mass is 79.9. The Labute approximate surface area is 128 Å². The summed E-state index contributed by atoms with van der Waals surface area (Å²) < 4.78 is 1.10. The molecule has 0 unspecified atom stereocenters. The molecule has 1 amide bonds. The van der Waals surface area contributed by atoms with Crippen LogP contribution in [-0.4, -0.2) is 29.9 Å². The van der Waals surface area contributed by atoms with Crippen LogP contribution in [0.25, 0.3) is 0 Å². The highest BCUT2D eigenvalue weighted by Gasteiger charge is 2.29. The highest BCUT2D eigenvalue weighted by molar-refractivity contribution is 9.10. The molecule has 0 atom stereocenters. The van der Waals surface area contributed by atoms with E-state index >= 15 is 0 Å². The number of rotatable bonds is 1. The van der Waals surface area contributed by atoms with E-state index in [4.69, 9.17) is 0 Å². The zero-order valence-corrected chi connectivity index (χ0v) is 13.1. The van der Waals surface area contributed by atoms with Crippen LogP contribution >= 0.6 is 28.3 Å². The number of carbonyl (C=O) groups is 1. The van der Waals surface area contributed by atoms with E-state index in [0.717, 1.165) is 36.9 Å². The molecular formula is C14H18BrClN2O. The topological polar surface area (TPSA) is 32.3 Å². The van der Waals surface area contributed by atoms with Crippen LogP contribution in [0, 0.1) is 0 Å². The van der Waals surface area contributed by atoms with Crippen LogP contribution in [-0.2, 0) is 17.8 Å². The van der Waals surface area contributed by atoms with Crippen molar-refractivity contribution in [1.82, 2.24) is 10.2 Å². The van der Waals surface area contributed by atoms with Crippen LogP contribution in [0.4, 0.5) is 0 Å². The number of fused-ring (bicyclic) bond motifs is 1. The Balaban J connectivity index is 0.00000133. The van der Waals surface area contributed by atoms with E-state index < -0.39 is 0 Å². The molecule has 0 bridgehead atoms. The molecule has 1 aromatic carbocycles. The predicted octanol–water partition coefficient (Wildman–Crippen LogP) is 2.51. The lowest BCUT2D eigenvalue weighted by Gasteiger charge is -2.38.